The standard InChI is InChI=1S/C32H42Si2/c1-26(2)31(22-24-33(11,12)13)20-18-16-14-15-17-19-21-32(27(3)4)23-25-34(28(5)6,29(7)8)30(9)10/h28-30H,1-13H3. The van der Waals surface area contributed by atoms with Crippen molar-refractivity contribution in [2.75, 3.05) is 0 Å². The summed E-state index contributed by atoms with van der Waals surface area (Å²) >= 11 is 0. The molecule has 0 aliphatic rings. The summed E-state index contributed by atoms with van der Waals surface area (Å²) in [6.07, 6.45) is 0. The Morgan fingerprint density at radius 3 is 1.09 bits per heavy atom. The molecule has 0 aromatic heterocycles. The molecule has 0 fully saturated rings. The molecule has 0 saturated heterocycles. The van der Waals surface area contributed by atoms with Crippen molar-refractivity contribution in [3.63, 3.8) is 0 Å². The van der Waals surface area contributed by atoms with Gasteiger partial charge in [-0.2, -0.15) is 0 Å². The Kier molecular flexibility index (Phi) is 13.4. The van der Waals surface area contributed by atoms with Crippen molar-refractivity contribution in [2.45, 2.75) is 106 Å². The maximum absolute atomic E-state index is 3.74. The van der Waals surface area contributed by atoms with Gasteiger partial charge in [-0.1, -0.05) is 84.2 Å². The van der Waals surface area contributed by atoms with Crippen LogP contribution in [0.2, 0.25) is 36.3 Å². The summed E-state index contributed by atoms with van der Waals surface area (Å²) in [7, 11) is -3.22. The van der Waals surface area contributed by atoms with E-state index in [0.717, 1.165) is 22.3 Å². The fourth-order valence-electron chi connectivity index (χ4n) is 3.73. The zero-order valence-corrected chi connectivity index (χ0v) is 25.7. The topological polar surface area (TPSA) is 0 Å². The summed E-state index contributed by atoms with van der Waals surface area (Å²) in [5.74, 6) is 29.7. The summed E-state index contributed by atoms with van der Waals surface area (Å²) in [6, 6.07) is 0. The van der Waals surface area contributed by atoms with Gasteiger partial charge in [0.1, 0.15) is 16.1 Å². The first-order chi connectivity index (χ1) is 15.6. The Balaban J connectivity index is 5.77. The highest BCUT2D eigenvalue weighted by molar-refractivity contribution is 6.90. The van der Waals surface area contributed by atoms with E-state index in [1.165, 1.54) is 0 Å². The minimum Gasteiger partial charge on any atom is -0.126 e. The van der Waals surface area contributed by atoms with E-state index in [1.54, 1.807) is 0 Å². The lowest BCUT2D eigenvalue weighted by molar-refractivity contribution is 0.838. The second-order valence-electron chi connectivity index (χ2n) is 10.9. The lowest BCUT2D eigenvalue weighted by Crippen LogP contribution is -2.43. The molecule has 0 aromatic carbocycles. The van der Waals surface area contributed by atoms with E-state index >= 15 is 0 Å². The second kappa shape index (κ2) is 14.5. The fraction of sp³-hybridized carbons (Fsp3) is 0.500. The van der Waals surface area contributed by atoms with Gasteiger partial charge < -0.3 is 0 Å². The highest BCUT2D eigenvalue weighted by atomic mass is 28.3. The maximum atomic E-state index is 3.74. The predicted octanol–water partition coefficient (Wildman–Crippen LogP) is 7.78. The van der Waals surface area contributed by atoms with Crippen LogP contribution in [0.1, 0.15) is 69.2 Å². The van der Waals surface area contributed by atoms with Gasteiger partial charge in [0.2, 0.25) is 0 Å². The van der Waals surface area contributed by atoms with Crippen LogP contribution >= 0.6 is 0 Å². The molecular formula is C32H42Si2. The van der Waals surface area contributed by atoms with Crippen molar-refractivity contribution in [2.24, 2.45) is 0 Å². The molecule has 2 heteroatoms. The van der Waals surface area contributed by atoms with Gasteiger partial charge in [-0.05, 0) is 91.7 Å². The first-order valence-corrected chi connectivity index (χ1v) is 17.8. The van der Waals surface area contributed by atoms with Gasteiger partial charge in [-0.25, -0.2) is 0 Å². The molecule has 0 atom stereocenters. The molecule has 0 radical (unpaired) electrons. The molecular weight excluding hydrogens is 441 g/mol. The van der Waals surface area contributed by atoms with Crippen LogP contribution in [0.5, 0.6) is 0 Å². The van der Waals surface area contributed by atoms with Crippen LogP contribution < -0.4 is 0 Å². The van der Waals surface area contributed by atoms with Crippen LogP contribution in [0.25, 0.3) is 0 Å². The summed E-state index contributed by atoms with van der Waals surface area (Å²) in [5, 5.41) is 0. The molecule has 0 aliphatic carbocycles. The molecule has 0 bridgehead atoms. The van der Waals surface area contributed by atoms with Crippen LogP contribution in [-0.4, -0.2) is 16.1 Å². The third-order valence-corrected chi connectivity index (χ3v) is 12.7. The summed E-state index contributed by atoms with van der Waals surface area (Å²) in [4.78, 5) is 0. The lowest BCUT2D eigenvalue weighted by atomic mass is 10.1. The normalized spacial score (nSPS) is 9.88. The minimum absolute atomic E-state index is 0.593. The van der Waals surface area contributed by atoms with Crippen LogP contribution in [0.3, 0.4) is 0 Å². The van der Waals surface area contributed by atoms with E-state index in [1.807, 2.05) is 13.8 Å². The molecule has 0 aromatic rings. The molecule has 0 nitrogen and oxygen atoms in total. The molecule has 178 valence electrons. The molecule has 0 saturated carbocycles. The van der Waals surface area contributed by atoms with E-state index in [9.17, 15) is 0 Å². The van der Waals surface area contributed by atoms with Gasteiger partial charge in [0.15, 0.2) is 0 Å². The van der Waals surface area contributed by atoms with Crippen molar-refractivity contribution in [3.05, 3.63) is 22.3 Å². The molecule has 0 heterocycles. The third-order valence-electron chi connectivity index (χ3n) is 5.52. The molecule has 0 spiro atoms. The largest absolute Gasteiger partial charge is 0.146 e. The zero-order valence-electron chi connectivity index (χ0n) is 23.7. The second-order valence-corrected chi connectivity index (χ2v) is 21.2. The summed E-state index contributed by atoms with van der Waals surface area (Å²) < 4.78 is 0. The number of allylic oxidation sites excluding steroid dienone is 4. The van der Waals surface area contributed by atoms with E-state index in [2.05, 4.69) is 145 Å². The Morgan fingerprint density at radius 1 is 0.471 bits per heavy atom. The Labute approximate surface area is 213 Å². The minimum atomic E-state index is -1.79. The maximum Gasteiger partial charge on any atom is 0.146 e. The number of hydrogen-bond donors (Lipinski definition) is 0. The molecule has 0 aliphatic heterocycles. The number of rotatable bonds is 3. The predicted molar refractivity (Wildman–Crippen MR) is 158 cm³/mol. The van der Waals surface area contributed by atoms with Gasteiger partial charge in [-0.3, -0.25) is 0 Å². The summed E-state index contributed by atoms with van der Waals surface area (Å²) in [6.45, 7) is 28.7. The zero-order chi connectivity index (χ0) is 26.5. The molecule has 0 amide bonds. The number of hydrogen-bond acceptors (Lipinski definition) is 0. The van der Waals surface area contributed by atoms with Gasteiger partial charge in [-0.15, -0.1) is 11.1 Å². The van der Waals surface area contributed by atoms with E-state index in [-0.39, 0.29) is 0 Å². The van der Waals surface area contributed by atoms with Crippen molar-refractivity contribution in [1.82, 2.24) is 0 Å². The third kappa shape index (κ3) is 10.9. The van der Waals surface area contributed by atoms with Crippen molar-refractivity contribution < 1.29 is 0 Å². The van der Waals surface area contributed by atoms with Gasteiger partial charge in [0.05, 0.1) is 11.1 Å². The van der Waals surface area contributed by atoms with Gasteiger partial charge in [0, 0.05) is 0 Å². The smallest absolute Gasteiger partial charge is 0.126 e. The lowest BCUT2D eigenvalue weighted by Gasteiger charge is -2.38. The molecule has 34 heavy (non-hydrogen) atoms. The first-order valence-electron chi connectivity index (χ1n) is 12.1. The van der Waals surface area contributed by atoms with E-state index < -0.39 is 16.1 Å². The van der Waals surface area contributed by atoms with Crippen LogP contribution in [0.4, 0.5) is 0 Å². The monoisotopic (exact) mass is 482 g/mol. The quantitative estimate of drug-likeness (QED) is 0.285. The van der Waals surface area contributed by atoms with Gasteiger partial charge in [0.25, 0.3) is 0 Å². The SMILES string of the molecule is CC(C)=C(C#CC#CC#CC#CC(C#C[Si](C(C)C)(C(C)C)C(C)C)=C(C)C)C#C[Si](C)(C)C. The first kappa shape index (κ1) is 31.3. The van der Waals surface area contributed by atoms with Crippen LogP contribution in [-0.2, 0) is 0 Å². The molecule has 0 N–H and O–H groups in total. The highest BCUT2D eigenvalue weighted by Gasteiger charge is 2.41. The Morgan fingerprint density at radius 2 is 0.794 bits per heavy atom. The van der Waals surface area contributed by atoms with Crippen molar-refractivity contribution >= 4 is 16.1 Å². The average Bonchev–Trinajstić information content (AvgIpc) is 2.68. The van der Waals surface area contributed by atoms with Crippen molar-refractivity contribution in [3.8, 4) is 70.3 Å². The van der Waals surface area contributed by atoms with Crippen LogP contribution in [0.15, 0.2) is 22.3 Å². The van der Waals surface area contributed by atoms with Crippen LogP contribution in [0, 0.1) is 70.3 Å². The molecule has 0 rings (SSSR count). The summed E-state index contributed by atoms with van der Waals surface area (Å²) in [5.41, 5.74) is 12.8. The fourth-order valence-corrected chi connectivity index (χ4v) is 9.44. The highest BCUT2D eigenvalue weighted by Crippen LogP contribution is 2.40. The average molecular weight is 483 g/mol. The van der Waals surface area contributed by atoms with Gasteiger partial charge >= 0.3 is 0 Å². The Bertz CT molecular complexity index is 1140. The van der Waals surface area contributed by atoms with E-state index in [4.69, 9.17) is 0 Å². The van der Waals surface area contributed by atoms with Crippen molar-refractivity contribution in [1.29, 1.82) is 0 Å². The van der Waals surface area contributed by atoms with E-state index in [0.29, 0.717) is 16.6 Å². The molecule has 0 unspecified atom stereocenters. The Hall–Kier alpha value is -2.73.